The highest BCUT2D eigenvalue weighted by Gasteiger charge is 2.14. The Morgan fingerprint density at radius 3 is 2.90 bits per heavy atom. The van der Waals surface area contributed by atoms with Gasteiger partial charge in [0.2, 0.25) is 5.91 Å². The highest BCUT2D eigenvalue weighted by molar-refractivity contribution is 5.96. The summed E-state index contributed by atoms with van der Waals surface area (Å²) in [4.78, 5) is 11.9. The summed E-state index contributed by atoms with van der Waals surface area (Å²) in [6.07, 6.45) is 1.82. The van der Waals surface area contributed by atoms with Gasteiger partial charge in [-0.05, 0) is 32.0 Å². The van der Waals surface area contributed by atoms with Crippen LogP contribution in [0.15, 0.2) is 24.4 Å². The second kappa shape index (κ2) is 6.02. The van der Waals surface area contributed by atoms with Crippen LogP contribution < -0.4 is 11.1 Å². The Hall–Kier alpha value is -1.92. The van der Waals surface area contributed by atoms with Crippen LogP contribution in [0.5, 0.6) is 0 Å². The lowest BCUT2D eigenvalue weighted by Crippen LogP contribution is -2.39. The van der Waals surface area contributed by atoms with Gasteiger partial charge in [-0.25, -0.2) is 0 Å². The number of aromatic nitrogens is 2. The zero-order valence-corrected chi connectivity index (χ0v) is 12.0. The molecule has 1 heterocycles. The van der Waals surface area contributed by atoms with Gasteiger partial charge in [0, 0.05) is 24.2 Å². The molecule has 3 N–H and O–H groups in total. The molecule has 0 fully saturated rings. The van der Waals surface area contributed by atoms with Crippen LogP contribution >= 0.6 is 0 Å². The van der Waals surface area contributed by atoms with Crippen molar-refractivity contribution >= 4 is 22.5 Å². The summed E-state index contributed by atoms with van der Waals surface area (Å²) >= 11 is 0. The molecule has 0 saturated heterocycles. The lowest BCUT2D eigenvalue weighted by Gasteiger charge is -2.12. The van der Waals surface area contributed by atoms with Crippen LogP contribution in [0.2, 0.25) is 0 Å². The molecule has 1 amide bonds. The average molecular weight is 276 g/mol. The lowest BCUT2D eigenvalue weighted by atomic mass is 10.2. The van der Waals surface area contributed by atoms with Crippen molar-refractivity contribution in [2.45, 2.75) is 25.9 Å². The Balaban J connectivity index is 2.23. The van der Waals surface area contributed by atoms with E-state index in [1.54, 1.807) is 0 Å². The summed E-state index contributed by atoms with van der Waals surface area (Å²) in [7, 11) is 1.51. The van der Waals surface area contributed by atoms with Crippen LogP contribution in [0.1, 0.15) is 19.9 Å². The standard InChI is InChI=1S/C14H20N4O2/c1-9(2)18-13-6-11(5-4-10(13)7-16-18)17-14(19)12(15)8-20-3/h4-7,9,12H,8,15H2,1-3H3,(H,17,19). The summed E-state index contributed by atoms with van der Waals surface area (Å²) in [6, 6.07) is 5.25. The Labute approximate surface area is 117 Å². The maximum absolute atomic E-state index is 11.9. The summed E-state index contributed by atoms with van der Waals surface area (Å²) in [5.41, 5.74) is 7.38. The quantitative estimate of drug-likeness (QED) is 0.867. The first-order valence-electron chi connectivity index (χ1n) is 6.55. The fraction of sp³-hybridized carbons (Fsp3) is 0.429. The minimum absolute atomic E-state index is 0.192. The zero-order valence-electron chi connectivity index (χ0n) is 12.0. The first kappa shape index (κ1) is 14.5. The second-order valence-corrected chi connectivity index (χ2v) is 5.01. The van der Waals surface area contributed by atoms with Crippen molar-refractivity contribution in [1.29, 1.82) is 0 Å². The molecule has 2 rings (SSSR count). The summed E-state index contributed by atoms with van der Waals surface area (Å²) in [5.74, 6) is -0.262. The van der Waals surface area contributed by atoms with E-state index in [0.717, 1.165) is 10.9 Å². The van der Waals surface area contributed by atoms with E-state index in [2.05, 4.69) is 24.3 Å². The van der Waals surface area contributed by atoms with E-state index in [1.165, 1.54) is 7.11 Å². The van der Waals surface area contributed by atoms with Crippen molar-refractivity contribution < 1.29 is 9.53 Å². The number of nitrogens with one attached hydrogen (secondary N) is 1. The van der Waals surface area contributed by atoms with E-state index in [9.17, 15) is 4.79 Å². The van der Waals surface area contributed by atoms with Gasteiger partial charge in [-0.1, -0.05) is 0 Å². The highest BCUT2D eigenvalue weighted by atomic mass is 16.5. The summed E-state index contributed by atoms with van der Waals surface area (Å²) < 4.78 is 6.79. The van der Waals surface area contributed by atoms with Gasteiger partial charge in [-0.3, -0.25) is 9.48 Å². The van der Waals surface area contributed by atoms with Crippen molar-refractivity contribution in [3.63, 3.8) is 0 Å². The van der Waals surface area contributed by atoms with E-state index >= 15 is 0 Å². The number of rotatable bonds is 5. The van der Waals surface area contributed by atoms with Crippen LogP contribution in [0.25, 0.3) is 10.9 Å². The van der Waals surface area contributed by atoms with Gasteiger partial charge in [0.05, 0.1) is 18.3 Å². The third-order valence-electron chi connectivity index (χ3n) is 3.04. The molecule has 0 radical (unpaired) electrons. The van der Waals surface area contributed by atoms with E-state index in [4.69, 9.17) is 10.5 Å². The van der Waals surface area contributed by atoms with Crippen LogP contribution in [-0.4, -0.2) is 35.4 Å². The summed E-state index contributed by atoms with van der Waals surface area (Å²) in [6.45, 7) is 4.32. The van der Waals surface area contributed by atoms with Crippen molar-refractivity contribution in [2.75, 3.05) is 19.0 Å². The van der Waals surface area contributed by atoms with Gasteiger partial charge in [0.1, 0.15) is 6.04 Å². The molecule has 0 spiro atoms. The van der Waals surface area contributed by atoms with Gasteiger partial charge in [-0.15, -0.1) is 0 Å². The van der Waals surface area contributed by atoms with Gasteiger partial charge >= 0.3 is 0 Å². The molecule has 6 nitrogen and oxygen atoms in total. The smallest absolute Gasteiger partial charge is 0.243 e. The molecule has 0 bridgehead atoms. The molecule has 1 atom stereocenters. The molecule has 108 valence electrons. The number of amides is 1. The number of benzene rings is 1. The molecule has 1 unspecified atom stereocenters. The number of hydrogen-bond donors (Lipinski definition) is 2. The zero-order chi connectivity index (χ0) is 14.7. The van der Waals surface area contributed by atoms with Gasteiger partial charge in [0.15, 0.2) is 0 Å². The van der Waals surface area contributed by atoms with Crippen molar-refractivity contribution in [2.24, 2.45) is 5.73 Å². The molecular formula is C14H20N4O2. The normalized spacial score (nSPS) is 12.8. The monoisotopic (exact) mass is 276 g/mol. The number of ether oxygens (including phenoxy) is 1. The number of fused-ring (bicyclic) bond motifs is 1. The predicted molar refractivity (Wildman–Crippen MR) is 78.6 cm³/mol. The minimum Gasteiger partial charge on any atom is -0.383 e. The number of anilines is 1. The number of hydrogen-bond acceptors (Lipinski definition) is 4. The fourth-order valence-electron chi connectivity index (χ4n) is 2.02. The number of carbonyl (C=O) groups is 1. The Morgan fingerprint density at radius 1 is 1.50 bits per heavy atom. The van der Waals surface area contributed by atoms with Crippen molar-refractivity contribution in [3.8, 4) is 0 Å². The molecule has 1 aromatic heterocycles. The topological polar surface area (TPSA) is 82.2 Å². The Bertz CT molecular complexity index is 606. The Morgan fingerprint density at radius 2 is 2.25 bits per heavy atom. The number of nitrogens with two attached hydrogens (primary N) is 1. The molecule has 2 aromatic rings. The van der Waals surface area contributed by atoms with Gasteiger partial charge in [0.25, 0.3) is 0 Å². The largest absolute Gasteiger partial charge is 0.383 e. The second-order valence-electron chi connectivity index (χ2n) is 5.01. The summed E-state index contributed by atoms with van der Waals surface area (Å²) in [5, 5.41) is 8.17. The van der Waals surface area contributed by atoms with Crippen LogP contribution in [0.4, 0.5) is 5.69 Å². The molecule has 0 aliphatic carbocycles. The van der Waals surface area contributed by atoms with Gasteiger partial charge < -0.3 is 15.8 Å². The first-order chi connectivity index (χ1) is 9.52. The van der Waals surface area contributed by atoms with E-state index < -0.39 is 6.04 Å². The first-order valence-corrected chi connectivity index (χ1v) is 6.55. The molecule has 20 heavy (non-hydrogen) atoms. The molecule has 0 aliphatic heterocycles. The molecule has 0 saturated carbocycles. The SMILES string of the molecule is COCC(N)C(=O)Nc1ccc2cnn(C(C)C)c2c1. The van der Waals surface area contributed by atoms with Gasteiger partial charge in [-0.2, -0.15) is 5.10 Å². The molecule has 6 heteroatoms. The van der Waals surface area contributed by atoms with Crippen molar-refractivity contribution in [1.82, 2.24) is 9.78 Å². The maximum atomic E-state index is 11.9. The molecular weight excluding hydrogens is 256 g/mol. The minimum atomic E-state index is -0.675. The third-order valence-corrected chi connectivity index (χ3v) is 3.04. The Kier molecular flexibility index (Phi) is 4.36. The van der Waals surface area contributed by atoms with E-state index in [0.29, 0.717) is 5.69 Å². The average Bonchev–Trinajstić information content (AvgIpc) is 2.82. The fourth-order valence-corrected chi connectivity index (χ4v) is 2.02. The lowest BCUT2D eigenvalue weighted by molar-refractivity contribution is -0.118. The maximum Gasteiger partial charge on any atom is 0.243 e. The molecule has 1 aromatic carbocycles. The van der Waals surface area contributed by atoms with E-state index in [-0.39, 0.29) is 18.6 Å². The predicted octanol–water partition coefficient (Wildman–Crippen LogP) is 1.53. The van der Waals surface area contributed by atoms with Crippen LogP contribution in [0, 0.1) is 0 Å². The van der Waals surface area contributed by atoms with E-state index in [1.807, 2.05) is 29.1 Å². The third kappa shape index (κ3) is 2.97. The highest BCUT2D eigenvalue weighted by Crippen LogP contribution is 2.21. The van der Waals surface area contributed by atoms with Crippen LogP contribution in [-0.2, 0) is 9.53 Å². The van der Waals surface area contributed by atoms with Crippen LogP contribution in [0.3, 0.4) is 0 Å². The number of nitrogens with zero attached hydrogens (tertiary/aromatic N) is 2. The molecule has 0 aliphatic rings. The van der Waals surface area contributed by atoms with Crippen molar-refractivity contribution in [3.05, 3.63) is 24.4 Å². The number of methoxy groups -OCH3 is 1. The number of carbonyl (C=O) groups excluding carboxylic acids is 1.